The van der Waals surface area contributed by atoms with E-state index in [1.54, 1.807) is 0 Å². The highest BCUT2D eigenvalue weighted by atomic mass is 19.4. The summed E-state index contributed by atoms with van der Waals surface area (Å²) in [5, 5.41) is 9.25. The SMILES string of the molecule is C[C@](O)(c1ccc(N)cc1)C(F)(F)F. The molecule has 0 radical (unpaired) electrons. The largest absolute Gasteiger partial charge is 0.421 e. The molecule has 0 spiro atoms. The zero-order chi connectivity index (χ0) is 11.0. The molecule has 0 fully saturated rings. The minimum atomic E-state index is -4.69. The van der Waals surface area contributed by atoms with Gasteiger partial charge in [-0.2, -0.15) is 13.2 Å². The van der Waals surface area contributed by atoms with Gasteiger partial charge in [-0.3, -0.25) is 0 Å². The Morgan fingerprint density at radius 2 is 1.57 bits per heavy atom. The van der Waals surface area contributed by atoms with Gasteiger partial charge in [-0.25, -0.2) is 0 Å². The molecule has 1 aromatic rings. The molecule has 0 aliphatic rings. The first kappa shape index (κ1) is 10.8. The predicted molar refractivity (Wildman–Crippen MR) is 46.5 cm³/mol. The molecule has 78 valence electrons. The summed E-state index contributed by atoms with van der Waals surface area (Å²) < 4.78 is 37.0. The third-order valence-corrected chi connectivity index (χ3v) is 2.02. The number of nitrogens with two attached hydrogens (primary N) is 1. The first-order valence-electron chi connectivity index (χ1n) is 3.90. The van der Waals surface area contributed by atoms with Crippen molar-refractivity contribution in [2.24, 2.45) is 0 Å². The van der Waals surface area contributed by atoms with Gasteiger partial charge in [0.25, 0.3) is 0 Å². The van der Waals surface area contributed by atoms with Crippen molar-refractivity contribution in [3.63, 3.8) is 0 Å². The molecule has 3 N–H and O–H groups in total. The highest BCUT2D eigenvalue weighted by Crippen LogP contribution is 2.38. The van der Waals surface area contributed by atoms with Crippen LogP contribution in [0.2, 0.25) is 0 Å². The lowest BCUT2D eigenvalue weighted by molar-refractivity contribution is -0.258. The van der Waals surface area contributed by atoms with Crippen LogP contribution in [0.15, 0.2) is 24.3 Å². The lowest BCUT2D eigenvalue weighted by atomic mass is 9.95. The van der Waals surface area contributed by atoms with Gasteiger partial charge in [0.05, 0.1) is 0 Å². The van der Waals surface area contributed by atoms with E-state index in [1.807, 2.05) is 0 Å². The molecule has 0 aliphatic carbocycles. The fourth-order valence-corrected chi connectivity index (χ4v) is 0.971. The van der Waals surface area contributed by atoms with E-state index in [4.69, 9.17) is 5.73 Å². The third-order valence-electron chi connectivity index (χ3n) is 2.02. The Bertz CT molecular complexity index is 316. The molecule has 0 saturated heterocycles. The molecule has 0 bridgehead atoms. The summed E-state index contributed by atoms with van der Waals surface area (Å²) in [4.78, 5) is 0. The molecule has 2 nitrogen and oxygen atoms in total. The van der Waals surface area contributed by atoms with Gasteiger partial charge in [-0.1, -0.05) is 12.1 Å². The van der Waals surface area contributed by atoms with Crippen molar-refractivity contribution in [3.05, 3.63) is 29.8 Å². The van der Waals surface area contributed by atoms with E-state index in [2.05, 4.69) is 0 Å². The average molecular weight is 205 g/mol. The normalized spacial score (nSPS) is 16.4. The maximum atomic E-state index is 12.3. The van der Waals surface area contributed by atoms with Crippen LogP contribution in [-0.4, -0.2) is 11.3 Å². The Morgan fingerprint density at radius 1 is 1.14 bits per heavy atom. The Hall–Kier alpha value is -1.23. The lowest BCUT2D eigenvalue weighted by Crippen LogP contribution is -2.39. The fourth-order valence-electron chi connectivity index (χ4n) is 0.971. The van der Waals surface area contributed by atoms with Crippen molar-refractivity contribution in [3.8, 4) is 0 Å². The summed E-state index contributed by atoms with van der Waals surface area (Å²) in [6.07, 6.45) is -4.69. The van der Waals surface area contributed by atoms with Crippen molar-refractivity contribution < 1.29 is 18.3 Å². The highest BCUT2D eigenvalue weighted by Gasteiger charge is 2.50. The van der Waals surface area contributed by atoms with Gasteiger partial charge >= 0.3 is 6.18 Å². The molecule has 1 aromatic carbocycles. The first-order valence-corrected chi connectivity index (χ1v) is 3.90. The predicted octanol–water partition coefficient (Wildman–Crippen LogP) is 2.04. The molecule has 0 amide bonds. The first-order chi connectivity index (χ1) is 6.25. The summed E-state index contributed by atoms with van der Waals surface area (Å²) in [6.45, 7) is 0.707. The average Bonchev–Trinajstić information content (AvgIpc) is 2.03. The smallest absolute Gasteiger partial charge is 0.399 e. The van der Waals surface area contributed by atoms with Crippen LogP contribution in [0.4, 0.5) is 18.9 Å². The standard InChI is InChI=1S/C9H10F3NO/c1-8(14,9(10,11)12)6-2-4-7(13)5-3-6/h2-5,14H,13H2,1H3/t8-/m0/s1. The lowest BCUT2D eigenvalue weighted by Gasteiger charge is -2.26. The minimum absolute atomic E-state index is 0.223. The zero-order valence-electron chi connectivity index (χ0n) is 7.47. The minimum Gasteiger partial charge on any atom is -0.399 e. The molecular formula is C9H10F3NO. The second kappa shape index (κ2) is 3.16. The molecule has 0 aromatic heterocycles. The van der Waals surface area contributed by atoms with Gasteiger partial charge in [-0.15, -0.1) is 0 Å². The van der Waals surface area contributed by atoms with Crippen molar-refractivity contribution in [2.75, 3.05) is 5.73 Å². The van der Waals surface area contributed by atoms with Gasteiger partial charge in [0.15, 0.2) is 5.60 Å². The summed E-state index contributed by atoms with van der Waals surface area (Å²) in [7, 11) is 0. The molecule has 1 rings (SSSR count). The van der Waals surface area contributed by atoms with Crippen molar-refractivity contribution in [1.82, 2.24) is 0 Å². The highest BCUT2D eigenvalue weighted by molar-refractivity contribution is 5.41. The summed E-state index contributed by atoms with van der Waals surface area (Å²) >= 11 is 0. The van der Waals surface area contributed by atoms with E-state index in [-0.39, 0.29) is 5.56 Å². The van der Waals surface area contributed by atoms with E-state index in [9.17, 15) is 18.3 Å². The number of anilines is 1. The Kier molecular flexibility index (Phi) is 2.45. The van der Waals surface area contributed by atoms with Crippen LogP contribution in [0.25, 0.3) is 0 Å². The zero-order valence-corrected chi connectivity index (χ0v) is 7.47. The summed E-state index contributed by atoms with van der Waals surface area (Å²) in [5.41, 5.74) is 2.61. The molecule has 1 atom stereocenters. The van der Waals surface area contributed by atoms with Crippen LogP contribution in [0.5, 0.6) is 0 Å². The number of aliphatic hydroxyl groups is 1. The molecule has 14 heavy (non-hydrogen) atoms. The number of alkyl halides is 3. The molecule has 0 unspecified atom stereocenters. The number of benzene rings is 1. The molecular weight excluding hydrogens is 195 g/mol. The fraction of sp³-hybridized carbons (Fsp3) is 0.333. The molecule has 0 saturated carbocycles. The number of halogens is 3. The molecule has 0 aliphatic heterocycles. The summed E-state index contributed by atoms with van der Waals surface area (Å²) in [5.74, 6) is 0. The second-order valence-corrected chi connectivity index (χ2v) is 3.19. The van der Waals surface area contributed by atoms with Gasteiger partial charge in [0.2, 0.25) is 0 Å². The van der Waals surface area contributed by atoms with Crippen LogP contribution >= 0.6 is 0 Å². The number of rotatable bonds is 1. The van der Waals surface area contributed by atoms with Gasteiger partial charge in [0, 0.05) is 5.69 Å². The van der Waals surface area contributed by atoms with Crippen molar-refractivity contribution in [2.45, 2.75) is 18.7 Å². The maximum absolute atomic E-state index is 12.3. The Labute approximate surface area is 79.2 Å². The topological polar surface area (TPSA) is 46.2 Å². The van der Waals surface area contributed by atoms with Gasteiger partial charge in [-0.05, 0) is 24.6 Å². The molecule has 0 heterocycles. The number of nitrogen functional groups attached to an aromatic ring is 1. The van der Waals surface area contributed by atoms with E-state index in [0.29, 0.717) is 12.6 Å². The van der Waals surface area contributed by atoms with Crippen molar-refractivity contribution >= 4 is 5.69 Å². The maximum Gasteiger partial charge on any atom is 0.421 e. The quantitative estimate of drug-likeness (QED) is 0.689. The van der Waals surface area contributed by atoms with E-state index < -0.39 is 11.8 Å². The van der Waals surface area contributed by atoms with E-state index in [0.717, 1.165) is 12.1 Å². The molecule has 5 heteroatoms. The van der Waals surface area contributed by atoms with Gasteiger partial charge < -0.3 is 10.8 Å². The van der Waals surface area contributed by atoms with Crippen molar-refractivity contribution in [1.29, 1.82) is 0 Å². The second-order valence-electron chi connectivity index (χ2n) is 3.19. The van der Waals surface area contributed by atoms with E-state index >= 15 is 0 Å². The third kappa shape index (κ3) is 1.82. The van der Waals surface area contributed by atoms with Gasteiger partial charge in [0.1, 0.15) is 0 Å². The van der Waals surface area contributed by atoms with Crippen LogP contribution in [-0.2, 0) is 5.60 Å². The van der Waals surface area contributed by atoms with Crippen LogP contribution < -0.4 is 5.73 Å². The van der Waals surface area contributed by atoms with Crippen LogP contribution in [0.1, 0.15) is 12.5 Å². The number of hydrogen-bond donors (Lipinski definition) is 2. The van der Waals surface area contributed by atoms with E-state index in [1.165, 1.54) is 12.1 Å². The van der Waals surface area contributed by atoms with Crippen LogP contribution in [0.3, 0.4) is 0 Å². The Morgan fingerprint density at radius 3 is 1.93 bits per heavy atom. The monoisotopic (exact) mass is 205 g/mol. The van der Waals surface area contributed by atoms with Crippen LogP contribution in [0, 0.1) is 0 Å². The summed E-state index contributed by atoms with van der Waals surface area (Å²) in [6, 6.07) is 4.94. The Balaban J connectivity index is 3.10. The number of hydrogen-bond acceptors (Lipinski definition) is 2.